The Kier molecular flexibility index (Phi) is 4.49. The number of ether oxygens (including phenoxy) is 1. The minimum Gasteiger partial charge on any atom is -0.487 e. The summed E-state index contributed by atoms with van der Waals surface area (Å²) in [5, 5.41) is 20.0. The lowest BCUT2D eigenvalue weighted by molar-refractivity contribution is -0.385. The molecule has 0 spiro atoms. The summed E-state index contributed by atoms with van der Waals surface area (Å²) in [6.07, 6.45) is 0. The van der Waals surface area contributed by atoms with Crippen molar-refractivity contribution >= 4 is 23.4 Å². The van der Waals surface area contributed by atoms with Gasteiger partial charge in [-0.3, -0.25) is 10.1 Å². The van der Waals surface area contributed by atoms with Crippen LogP contribution in [0.1, 0.15) is 17.5 Å². The Hall–Kier alpha value is -2.48. The van der Waals surface area contributed by atoms with Gasteiger partial charge in [0.05, 0.1) is 11.5 Å². The van der Waals surface area contributed by atoms with Crippen LogP contribution < -0.4 is 4.74 Å². The third kappa shape index (κ3) is 3.54. The molecular weight excluding hydrogens is 298 g/mol. The van der Waals surface area contributed by atoms with Crippen LogP contribution in [-0.2, 0) is 0 Å². The van der Waals surface area contributed by atoms with Crippen molar-refractivity contribution in [3.63, 3.8) is 0 Å². The Morgan fingerprint density at radius 3 is 2.76 bits per heavy atom. The smallest absolute Gasteiger partial charge is 0.371 e. The molecule has 110 valence electrons. The molecule has 0 saturated heterocycles. The Balaban J connectivity index is 2.25. The largest absolute Gasteiger partial charge is 0.487 e. The molecule has 0 fully saturated rings. The van der Waals surface area contributed by atoms with Gasteiger partial charge in [0.2, 0.25) is 5.76 Å². The first-order valence-corrected chi connectivity index (χ1v) is 6.75. The maximum atomic E-state index is 10.9. The summed E-state index contributed by atoms with van der Waals surface area (Å²) < 4.78 is 10.4. The van der Waals surface area contributed by atoms with E-state index in [2.05, 4.69) is 0 Å². The van der Waals surface area contributed by atoms with Gasteiger partial charge in [-0.25, -0.2) is 4.79 Å². The predicted molar refractivity (Wildman–Crippen MR) is 74.1 cm³/mol. The second-order valence-corrected chi connectivity index (χ2v) is 4.92. The topological polar surface area (TPSA) is 103 Å². The van der Waals surface area contributed by atoms with Crippen LogP contribution in [0.15, 0.2) is 44.7 Å². The van der Waals surface area contributed by atoms with Crippen molar-refractivity contribution in [3.05, 3.63) is 46.2 Å². The molecule has 0 aliphatic carbocycles. The van der Waals surface area contributed by atoms with Crippen LogP contribution in [0, 0.1) is 10.1 Å². The molecule has 1 aromatic carbocycles. The maximum absolute atomic E-state index is 10.9. The fraction of sp³-hybridized carbons (Fsp3) is 0.154. The summed E-state index contributed by atoms with van der Waals surface area (Å²) in [6, 6.07) is 7.29. The normalized spacial score (nSPS) is 10.3. The average Bonchev–Trinajstić information content (AvgIpc) is 2.88. The van der Waals surface area contributed by atoms with Crippen LogP contribution in [-0.4, -0.2) is 22.6 Å². The van der Waals surface area contributed by atoms with Crippen molar-refractivity contribution < 1.29 is 24.0 Å². The lowest BCUT2D eigenvalue weighted by Crippen LogP contribution is -1.97. The molecule has 8 heteroatoms. The number of aromatic carboxylic acids is 1. The Bertz CT molecular complexity index is 681. The SMILES string of the molecule is CCOc1cc(Sc2ccc(C(=O)O)o2)ccc1[N+](=O)[O-]. The van der Waals surface area contributed by atoms with E-state index in [1.807, 2.05) is 0 Å². The molecule has 0 aliphatic heterocycles. The Morgan fingerprint density at radius 1 is 1.43 bits per heavy atom. The van der Waals surface area contributed by atoms with Gasteiger partial charge in [0.25, 0.3) is 0 Å². The summed E-state index contributed by atoms with van der Waals surface area (Å²) in [4.78, 5) is 21.7. The minimum atomic E-state index is -1.15. The van der Waals surface area contributed by atoms with Crippen LogP contribution in [0.25, 0.3) is 0 Å². The molecule has 0 atom stereocenters. The van der Waals surface area contributed by atoms with Crippen molar-refractivity contribution in [2.24, 2.45) is 0 Å². The fourth-order valence-corrected chi connectivity index (χ4v) is 2.39. The summed E-state index contributed by atoms with van der Waals surface area (Å²) >= 11 is 1.15. The van der Waals surface area contributed by atoms with Gasteiger partial charge >= 0.3 is 11.7 Å². The standard InChI is InChI=1S/C13H11NO6S/c1-2-19-11-7-8(3-4-9(11)14(17)18)21-12-6-5-10(20-12)13(15)16/h3-7H,2H2,1H3,(H,15,16). The molecule has 0 aliphatic rings. The summed E-state index contributed by atoms with van der Waals surface area (Å²) in [6.45, 7) is 2.04. The number of rotatable bonds is 6. The van der Waals surface area contributed by atoms with Crippen LogP contribution >= 0.6 is 11.8 Å². The molecule has 0 amide bonds. The molecule has 0 saturated carbocycles. The van der Waals surface area contributed by atoms with E-state index >= 15 is 0 Å². The molecule has 0 bridgehead atoms. The van der Waals surface area contributed by atoms with Crippen molar-refractivity contribution in [2.75, 3.05) is 6.61 Å². The number of carbonyl (C=O) groups is 1. The molecule has 2 aromatic rings. The maximum Gasteiger partial charge on any atom is 0.371 e. The van der Waals surface area contributed by atoms with Crippen LogP contribution in [0.4, 0.5) is 5.69 Å². The number of furan rings is 1. The van der Waals surface area contributed by atoms with E-state index < -0.39 is 10.9 Å². The zero-order valence-electron chi connectivity index (χ0n) is 10.9. The summed E-state index contributed by atoms with van der Waals surface area (Å²) in [5.74, 6) is -1.15. The van der Waals surface area contributed by atoms with Crippen molar-refractivity contribution in [1.82, 2.24) is 0 Å². The highest BCUT2D eigenvalue weighted by molar-refractivity contribution is 7.99. The number of nitro groups is 1. The zero-order chi connectivity index (χ0) is 15.4. The van der Waals surface area contributed by atoms with Crippen LogP contribution in [0.5, 0.6) is 5.75 Å². The molecule has 1 heterocycles. The molecule has 0 radical (unpaired) electrons. The van der Waals surface area contributed by atoms with E-state index in [0.29, 0.717) is 16.6 Å². The average molecular weight is 309 g/mol. The molecule has 2 rings (SSSR count). The first kappa shape index (κ1) is 14.9. The summed E-state index contributed by atoms with van der Waals surface area (Å²) in [5.41, 5.74) is -0.119. The number of carboxylic acid groups (broad SMARTS) is 1. The molecule has 1 N–H and O–H groups in total. The highest BCUT2D eigenvalue weighted by atomic mass is 32.2. The molecular formula is C13H11NO6S. The lowest BCUT2D eigenvalue weighted by Gasteiger charge is -2.05. The highest BCUT2D eigenvalue weighted by Gasteiger charge is 2.17. The van der Waals surface area contributed by atoms with Gasteiger partial charge in [0.1, 0.15) is 0 Å². The lowest BCUT2D eigenvalue weighted by atomic mass is 10.3. The van der Waals surface area contributed by atoms with E-state index in [1.54, 1.807) is 13.0 Å². The molecule has 0 unspecified atom stereocenters. The van der Waals surface area contributed by atoms with E-state index in [1.165, 1.54) is 24.3 Å². The van der Waals surface area contributed by atoms with Crippen molar-refractivity contribution in [1.29, 1.82) is 0 Å². The second-order valence-electron chi connectivity index (χ2n) is 3.85. The number of hydrogen-bond donors (Lipinski definition) is 1. The first-order valence-electron chi connectivity index (χ1n) is 5.93. The van der Waals surface area contributed by atoms with Crippen LogP contribution in [0.2, 0.25) is 0 Å². The number of hydrogen-bond acceptors (Lipinski definition) is 6. The van der Waals surface area contributed by atoms with E-state index in [4.69, 9.17) is 14.3 Å². The molecule has 21 heavy (non-hydrogen) atoms. The van der Waals surface area contributed by atoms with Crippen molar-refractivity contribution in [2.45, 2.75) is 16.9 Å². The van der Waals surface area contributed by atoms with E-state index in [9.17, 15) is 14.9 Å². The monoisotopic (exact) mass is 309 g/mol. The third-order valence-electron chi connectivity index (χ3n) is 2.44. The number of nitrogens with zero attached hydrogens (tertiary/aromatic N) is 1. The van der Waals surface area contributed by atoms with E-state index in [0.717, 1.165) is 11.8 Å². The zero-order valence-corrected chi connectivity index (χ0v) is 11.8. The quantitative estimate of drug-likeness (QED) is 0.644. The van der Waals surface area contributed by atoms with Crippen molar-refractivity contribution in [3.8, 4) is 5.75 Å². The summed E-state index contributed by atoms with van der Waals surface area (Å²) in [7, 11) is 0. The number of nitro benzene ring substituents is 1. The van der Waals surface area contributed by atoms with Gasteiger partial charge in [0.15, 0.2) is 10.8 Å². The highest BCUT2D eigenvalue weighted by Crippen LogP contribution is 2.35. The minimum absolute atomic E-state index is 0.119. The van der Waals surface area contributed by atoms with E-state index in [-0.39, 0.29) is 17.2 Å². The number of benzene rings is 1. The predicted octanol–water partition coefficient (Wildman–Crippen LogP) is 3.44. The Morgan fingerprint density at radius 2 is 2.19 bits per heavy atom. The van der Waals surface area contributed by atoms with Gasteiger partial charge in [-0.05, 0) is 25.1 Å². The van der Waals surface area contributed by atoms with Gasteiger partial charge < -0.3 is 14.3 Å². The van der Waals surface area contributed by atoms with Gasteiger partial charge in [-0.1, -0.05) is 11.8 Å². The molecule has 7 nitrogen and oxygen atoms in total. The van der Waals surface area contributed by atoms with Gasteiger partial charge in [-0.15, -0.1) is 0 Å². The third-order valence-corrected chi connectivity index (χ3v) is 3.35. The van der Waals surface area contributed by atoms with Crippen LogP contribution in [0.3, 0.4) is 0 Å². The first-order chi connectivity index (χ1) is 10.0. The number of carboxylic acids is 1. The van der Waals surface area contributed by atoms with Gasteiger partial charge in [-0.2, -0.15) is 0 Å². The molecule has 1 aromatic heterocycles. The Labute approximate surface area is 123 Å². The second kappa shape index (κ2) is 6.31. The van der Waals surface area contributed by atoms with Gasteiger partial charge in [0, 0.05) is 17.0 Å². The fourth-order valence-electron chi connectivity index (χ4n) is 1.59.